The van der Waals surface area contributed by atoms with E-state index in [4.69, 9.17) is 4.74 Å². The second kappa shape index (κ2) is 5.85. The zero-order valence-electron chi connectivity index (χ0n) is 13.4. The van der Waals surface area contributed by atoms with Crippen LogP contribution in [0, 0.1) is 0 Å². The van der Waals surface area contributed by atoms with Crippen LogP contribution in [0.25, 0.3) is 11.0 Å². The normalized spacial score (nSPS) is 26.5. The van der Waals surface area contributed by atoms with Gasteiger partial charge in [0, 0.05) is 32.6 Å². The van der Waals surface area contributed by atoms with Gasteiger partial charge >= 0.3 is 5.97 Å². The maximum absolute atomic E-state index is 12.0. The number of ether oxygens (including phenoxy) is 1. The highest BCUT2D eigenvalue weighted by Gasteiger charge is 2.37. The first-order valence-electron chi connectivity index (χ1n) is 8.35. The number of benzene rings is 1. The van der Waals surface area contributed by atoms with E-state index in [1.807, 2.05) is 31.2 Å². The Labute approximate surface area is 135 Å². The van der Waals surface area contributed by atoms with Crippen molar-refractivity contribution < 1.29 is 9.53 Å². The van der Waals surface area contributed by atoms with Crippen LogP contribution < -0.4 is 4.90 Å². The van der Waals surface area contributed by atoms with Crippen molar-refractivity contribution in [3.8, 4) is 0 Å². The maximum Gasteiger partial charge on any atom is 0.323 e. The van der Waals surface area contributed by atoms with E-state index in [-0.39, 0.29) is 18.1 Å². The first-order chi connectivity index (χ1) is 11.2. The first-order valence-corrected chi connectivity index (χ1v) is 8.35. The molecule has 0 spiro atoms. The van der Waals surface area contributed by atoms with E-state index in [9.17, 15) is 4.79 Å². The van der Waals surface area contributed by atoms with Gasteiger partial charge in [0.2, 0.25) is 5.95 Å². The summed E-state index contributed by atoms with van der Waals surface area (Å²) in [6, 6.07) is 8.02. The summed E-state index contributed by atoms with van der Waals surface area (Å²) in [7, 11) is 0. The van der Waals surface area contributed by atoms with E-state index in [1.54, 1.807) is 0 Å². The minimum Gasteiger partial charge on any atom is -0.461 e. The van der Waals surface area contributed by atoms with E-state index < -0.39 is 0 Å². The second-order valence-corrected chi connectivity index (χ2v) is 6.45. The fourth-order valence-corrected chi connectivity index (χ4v) is 3.58. The van der Waals surface area contributed by atoms with Crippen LogP contribution in [0.15, 0.2) is 24.3 Å². The van der Waals surface area contributed by atoms with Gasteiger partial charge in [-0.1, -0.05) is 12.1 Å². The summed E-state index contributed by atoms with van der Waals surface area (Å²) in [5.74, 6) is 0.866. The molecule has 0 saturated carbocycles. The van der Waals surface area contributed by atoms with Crippen molar-refractivity contribution in [3.05, 3.63) is 24.3 Å². The molecule has 2 aliphatic heterocycles. The number of imidazole rings is 1. The van der Waals surface area contributed by atoms with Crippen LogP contribution in [-0.2, 0) is 9.53 Å². The number of anilines is 1. The van der Waals surface area contributed by atoms with Gasteiger partial charge in [-0.25, -0.2) is 4.98 Å². The van der Waals surface area contributed by atoms with Gasteiger partial charge in [0.25, 0.3) is 0 Å². The largest absolute Gasteiger partial charge is 0.461 e. The molecule has 2 atom stereocenters. The number of carbonyl (C=O) groups is 1. The van der Waals surface area contributed by atoms with Crippen molar-refractivity contribution in [2.24, 2.45) is 0 Å². The number of nitrogens with one attached hydrogen (secondary N) is 1. The van der Waals surface area contributed by atoms with E-state index in [0.717, 1.165) is 56.0 Å². The molecule has 3 heterocycles. The highest BCUT2D eigenvalue weighted by atomic mass is 16.6. The number of hydrogen-bond donors (Lipinski definition) is 1. The van der Waals surface area contributed by atoms with E-state index in [1.165, 1.54) is 0 Å². The molecule has 122 valence electrons. The Morgan fingerprint density at radius 3 is 2.87 bits per heavy atom. The van der Waals surface area contributed by atoms with Crippen LogP contribution in [0.2, 0.25) is 0 Å². The van der Waals surface area contributed by atoms with E-state index in [0.29, 0.717) is 0 Å². The Hall–Kier alpha value is -2.08. The minimum atomic E-state index is -0.0689. The molecule has 2 fully saturated rings. The predicted molar refractivity (Wildman–Crippen MR) is 88.5 cm³/mol. The number of esters is 1. The quantitative estimate of drug-likeness (QED) is 0.856. The van der Waals surface area contributed by atoms with Crippen LogP contribution in [0.1, 0.15) is 19.8 Å². The summed E-state index contributed by atoms with van der Waals surface area (Å²) >= 11 is 0. The number of nitrogens with zero attached hydrogens (tertiary/aromatic N) is 3. The zero-order chi connectivity index (χ0) is 15.8. The second-order valence-electron chi connectivity index (χ2n) is 6.45. The van der Waals surface area contributed by atoms with Crippen LogP contribution in [-0.4, -0.2) is 59.2 Å². The molecule has 1 aromatic carbocycles. The molecule has 4 rings (SSSR count). The lowest BCUT2D eigenvalue weighted by Crippen LogP contribution is -2.41. The molecule has 1 aromatic heterocycles. The van der Waals surface area contributed by atoms with Crippen molar-refractivity contribution in [3.63, 3.8) is 0 Å². The molecule has 0 aliphatic carbocycles. The third kappa shape index (κ3) is 2.79. The number of aromatic amines is 1. The molecule has 2 unspecified atom stereocenters. The van der Waals surface area contributed by atoms with Crippen LogP contribution >= 0.6 is 0 Å². The minimum absolute atomic E-state index is 0.0437. The maximum atomic E-state index is 12.0. The summed E-state index contributed by atoms with van der Waals surface area (Å²) in [6.07, 6.45) is 1.88. The highest BCUT2D eigenvalue weighted by molar-refractivity contribution is 5.78. The average molecular weight is 314 g/mol. The summed E-state index contributed by atoms with van der Waals surface area (Å²) in [6.45, 7) is 5.59. The van der Waals surface area contributed by atoms with Gasteiger partial charge in [-0.3, -0.25) is 9.69 Å². The molecule has 0 amide bonds. The zero-order valence-corrected chi connectivity index (χ0v) is 13.4. The van der Waals surface area contributed by atoms with Gasteiger partial charge in [0.05, 0.1) is 11.0 Å². The predicted octanol–water partition coefficient (Wildman–Crippen LogP) is 1.78. The van der Waals surface area contributed by atoms with E-state index in [2.05, 4.69) is 19.8 Å². The topological polar surface area (TPSA) is 61.5 Å². The Kier molecular flexibility index (Phi) is 3.69. The number of cyclic esters (lactones) is 1. The van der Waals surface area contributed by atoms with Crippen molar-refractivity contribution in [1.29, 1.82) is 0 Å². The molecule has 23 heavy (non-hydrogen) atoms. The first kappa shape index (κ1) is 14.5. The summed E-state index contributed by atoms with van der Waals surface area (Å²) in [4.78, 5) is 24.6. The van der Waals surface area contributed by atoms with Gasteiger partial charge in [-0.05, 0) is 25.5 Å². The third-order valence-corrected chi connectivity index (χ3v) is 4.79. The van der Waals surface area contributed by atoms with Gasteiger partial charge in [0.15, 0.2) is 0 Å². The summed E-state index contributed by atoms with van der Waals surface area (Å²) in [5, 5.41) is 0. The monoisotopic (exact) mass is 314 g/mol. The number of para-hydroxylation sites is 2. The molecule has 0 bridgehead atoms. The third-order valence-electron chi connectivity index (χ3n) is 4.79. The molecule has 6 heteroatoms. The lowest BCUT2D eigenvalue weighted by atomic mass is 10.1. The fraction of sp³-hybridized carbons (Fsp3) is 0.529. The molecule has 0 radical (unpaired) electrons. The Morgan fingerprint density at radius 1 is 1.22 bits per heavy atom. The summed E-state index contributed by atoms with van der Waals surface area (Å²) in [5.41, 5.74) is 2.06. The molecule has 2 saturated heterocycles. The molecule has 2 aliphatic rings. The lowest BCUT2D eigenvalue weighted by molar-refractivity contribution is -0.144. The van der Waals surface area contributed by atoms with Crippen molar-refractivity contribution in [1.82, 2.24) is 14.9 Å². The van der Waals surface area contributed by atoms with E-state index >= 15 is 0 Å². The fourth-order valence-electron chi connectivity index (χ4n) is 3.58. The molecule has 6 nitrogen and oxygen atoms in total. The van der Waals surface area contributed by atoms with Crippen molar-refractivity contribution in [2.75, 3.05) is 31.1 Å². The van der Waals surface area contributed by atoms with Gasteiger partial charge < -0.3 is 14.6 Å². The number of fused-ring (bicyclic) bond motifs is 1. The molecular formula is C17H22N4O2. The van der Waals surface area contributed by atoms with Crippen LogP contribution in [0.3, 0.4) is 0 Å². The molecule has 1 N–H and O–H groups in total. The smallest absolute Gasteiger partial charge is 0.323 e. The highest BCUT2D eigenvalue weighted by Crippen LogP contribution is 2.23. The number of carbonyl (C=O) groups excluding carboxylic acids is 1. The van der Waals surface area contributed by atoms with Gasteiger partial charge in [0.1, 0.15) is 12.1 Å². The van der Waals surface area contributed by atoms with Crippen LogP contribution in [0.5, 0.6) is 0 Å². The van der Waals surface area contributed by atoms with Crippen molar-refractivity contribution in [2.45, 2.75) is 31.9 Å². The van der Waals surface area contributed by atoms with Gasteiger partial charge in [-0.2, -0.15) is 0 Å². The van der Waals surface area contributed by atoms with Crippen LogP contribution in [0.4, 0.5) is 5.95 Å². The molecule has 2 aromatic rings. The number of H-pyrrole nitrogens is 1. The number of hydrogen-bond acceptors (Lipinski definition) is 5. The standard InChI is InChI=1S/C17H22N4O2/c1-12-11-15(16(22)23-12)20-7-4-8-21(10-9-20)17-18-13-5-2-3-6-14(13)19-17/h2-3,5-6,12,15H,4,7-11H2,1H3,(H,18,19). The Balaban J connectivity index is 1.47. The Morgan fingerprint density at radius 2 is 2.09 bits per heavy atom. The van der Waals surface area contributed by atoms with Gasteiger partial charge in [-0.15, -0.1) is 0 Å². The lowest BCUT2D eigenvalue weighted by Gasteiger charge is -2.24. The average Bonchev–Trinajstić information content (AvgIpc) is 3.02. The SMILES string of the molecule is CC1CC(N2CCCN(c3nc4ccccc4[nH]3)CC2)C(=O)O1. The summed E-state index contributed by atoms with van der Waals surface area (Å²) < 4.78 is 5.31. The molecular weight excluding hydrogens is 292 g/mol. The number of rotatable bonds is 2. The number of aromatic nitrogens is 2. The Bertz CT molecular complexity index is 680. The van der Waals surface area contributed by atoms with Crippen molar-refractivity contribution >= 4 is 23.0 Å².